The summed E-state index contributed by atoms with van der Waals surface area (Å²) in [5, 5.41) is 1.27. The van der Waals surface area contributed by atoms with Crippen LogP contribution in [0.5, 0.6) is 0 Å². The number of hydrogen-bond acceptors (Lipinski definition) is 1. The van der Waals surface area contributed by atoms with Gasteiger partial charge in [-0.3, -0.25) is 0 Å². The van der Waals surface area contributed by atoms with Crippen molar-refractivity contribution in [1.29, 1.82) is 0 Å². The first-order chi connectivity index (χ1) is 8.78. The monoisotopic (exact) mass is 259 g/mol. The van der Waals surface area contributed by atoms with Crippen LogP contribution in [0.4, 0.5) is 0 Å². The van der Waals surface area contributed by atoms with E-state index in [1.54, 1.807) is 0 Å². The van der Waals surface area contributed by atoms with Crippen LogP contribution < -0.4 is 0 Å². The van der Waals surface area contributed by atoms with Gasteiger partial charge < -0.3 is 9.72 Å². The largest absolute Gasteiger partial charge is 0.375 e. The molecule has 19 heavy (non-hydrogen) atoms. The van der Waals surface area contributed by atoms with Crippen LogP contribution in [0.1, 0.15) is 45.9 Å². The van der Waals surface area contributed by atoms with Crippen molar-refractivity contribution < 1.29 is 4.74 Å². The molecule has 0 saturated heterocycles. The third-order valence-corrected chi connectivity index (χ3v) is 4.46. The number of fused-ring (bicyclic) bond motifs is 1. The van der Waals surface area contributed by atoms with Crippen LogP contribution in [0, 0.1) is 6.92 Å². The molecule has 0 atom stereocenters. The van der Waals surface area contributed by atoms with E-state index in [-0.39, 0.29) is 11.0 Å². The van der Waals surface area contributed by atoms with Gasteiger partial charge in [0.25, 0.3) is 0 Å². The maximum Gasteiger partial charge on any atom is 0.0731 e. The van der Waals surface area contributed by atoms with Gasteiger partial charge in [0.05, 0.1) is 5.60 Å². The van der Waals surface area contributed by atoms with Gasteiger partial charge in [0, 0.05) is 23.2 Å². The van der Waals surface area contributed by atoms with Crippen molar-refractivity contribution >= 4 is 10.9 Å². The molecular weight excluding hydrogens is 234 g/mol. The Morgan fingerprint density at radius 1 is 1.11 bits per heavy atom. The lowest BCUT2D eigenvalue weighted by molar-refractivity contribution is -0.0611. The molecule has 0 saturated carbocycles. The van der Waals surface area contributed by atoms with Gasteiger partial charge in [-0.25, -0.2) is 0 Å². The van der Waals surface area contributed by atoms with Crippen molar-refractivity contribution in [1.82, 2.24) is 4.98 Å². The lowest BCUT2D eigenvalue weighted by atomic mass is 9.74. The van der Waals surface area contributed by atoms with E-state index >= 15 is 0 Å². The number of ether oxygens (including phenoxy) is 1. The molecule has 1 heterocycles. The highest BCUT2D eigenvalue weighted by Crippen LogP contribution is 2.38. The molecule has 1 N–H and O–H groups in total. The SMILES string of the molecule is CCOC(C)(C)C(C)(C)c1cc2cc(C)ccc2[nH]1. The minimum absolute atomic E-state index is 0.0735. The van der Waals surface area contributed by atoms with Gasteiger partial charge in [-0.05, 0) is 51.3 Å². The van der Waals surface area contributed by atoms with Crippen LogP contribution in [-0.4, -0.2) is 17.2 Å². The molecule has 0 spiro atoms. The summed E-state index contributed by atoms with van der Waals surface area (Å²) in [6.07, 6.45) is 0. The molecule has 0 amide bonds. The van der Waals surface area contributed by atoms with Crippen LogP contribution >= 0.6 is 0 Å². The first-order valence-electron chi connectivity index (χ1n) is 7.02. The molecule has 2 rings (SSSR count). The highest BCUT2D eigenvalue weighted by atomic mass is 16.5. The van der Waals surface area contributed by atoms with Crippen molar-refractivity contribution in [3.8, 4) is 0 Å². The van der Waals surface area contributed by atoms with Gasteiger partial charge in [0.2, 0.25) is 0 Å². The van der Waals surface area contributed by atoms with Crippen molar-refractivity contribution in [3.63, 3.8) is 0 Å². The number of hydrogen-bond donors (Lipinski definition) is 1. The Morgan fingerprint density at radius 2 is 1.79 bits per heavy atom. The number of aromatic nitrogens is 1. The number of aryl methyl sites for hydroxylation is 1. The predicted molar refractivity (Wildman–Crippen MR) is 81.8 cm³/mol. The Balaban J connectivity index is 2.48. The summed E-state index contributed by atoms with van der Waals surface area (Å²) >= 11 is 0. The lowest BCUT2D eigenvalue weighted by Gasteiger charge is -2.40. The van der Waals surface area contributed by atoms with E-state index in [2.05, 4.69) is 63.9 Å². The molecule has 0 aliphatic carbocycles. The van der Waals surface area contributed by atoms with Crippen LogP contribution in [0.25, 0.3) is 10.9 Å². The highest BCUT2D eigenvalue weighted by molar-refractivity contribution is 5.81. The van der Waals surface area contributed by atoms with Crippen LogP contribution in [-0.2, 0) is 10.2 Å². The van der Waals surface area contributed by atoms with Crippen molar-refractivity contribution in [2.45, 2.75) is 52.6 Å². The Labute approximate surface area is 116 Å². The van der Waals surface area contributed by atoms with Gasteiger partial charge in [-0.1, -0.05) is 25.5 Å². The van der Waals surface area contributed by atoms with E-state index < -0.39 is 0 Å². The molecule has 1 aromatic carbocycles. The quantitative estimate of drug-likeness (QED) is 0.855. The van der Waals surface area contributed by atoms with Crippen molar-refractivity contribution in [2.75, 3.05) is 6.61 Å². The minimum atomic E-state index is -0.211. The maximum absolute atomic E-state index is 5.95. The van der Waals surface area contributed by atoms with Crippen LogP contribution in [0.2, 0.25) is 0 Å². The van der Waals surface area contributed by atoms with E-state index in [4.69, 9.17) is 4.74 Å². The Kier molecular flexibility index (Phi) is 3.48. The summed E-state index contributed by atoms with van der Waals surface area (Å²) in [5.41, 5.74) is 3.43. The van der Waals surface area contributed by atoms with E-state index in [0.717, 1.165) is 6.61 Å². The van der Waals surface area contributed by atoms with Gasteiger partial charge in [0.15, 0.2) is 0 Å². The number of aromatic amines is 1. The fourth-order valence-electron chi connectivity index (χ4n) is 2.45. The molecule has 0 bridgehead atoms. The zero-order valence-corrected chi connectivity index (χ0v) is 12.9. The number of rotatable bonds is 4. The fraction of sp³-hybridized carbons (Fsp3) is 0.529. The summed E-state index contributed by atoms with van der Waals surface area (Å²) in [6, 6.07) is 8.77. The lowest BCUT2D eigenvalue weighted by Crippen LogP contribution is -2.45. The second-order valence-corrected chi connectivity index (χ2v) is 6.34. The van der Waals surface area contributed by atoms with Gasteiger partial charge in [-0.2, -0.15) is 0 Å². The summed E-state index contributed by atoms with van der Waals surface area (Å²) in [7, 11) is 0. The molecule has 1 aromatic heterocycles. The average molecular weight is 259 g/mol. The molecule has 0 aliphatic rings. The second kappa shape index (κ2) is 4.68. The molecule has 0 fully saturated rings. The van der Waals surface area contributed by atoms with E-state index in [9.17, 15) is 0 Å². The highest BCUT2D eigenvalue weighted by Gasteiger charge is 2.40. The summed E-state index contributed by atoms with van der Waals surface area (Å²) in [5.74, 6) is 0. The predicted octanol–water partition coefficient (Wildman–Crippen LogP) is 4.57. The summed E-state index contributed by atoms with van der Waals surface area (Å²) < 4.78 is 5.95. The normalized spacial score (nSPS) is 13.2. The number of benzene rings is 1. The zero-order valence-electron chi connectivity index (χ0n) is 12.9. The smallest absolute Gasteiger partial charge is 0.0731 e. The van der Waals surface area contributed by atoms with Crippen LogP contribution in [0.3, 0.4) is 0 Å². The molecule has 0 aliphatic heterocycles. The zero-order chi connectivity index (χ0) is 14.3. The number of nitrogens with one attached hydrogen (secondary N) is 1. The fourth-order valence-corrected chi connectivity index (χ4v) is 2.45. The molecule has 0 unspecified atom stereocenters. The molecule has 104 valence electrons. The number of H-pyrrole nitrogens is 1. The third kappa shape index (κ3) is 2.42. The topological polar surface area (TPSA) is 25.0 Å². The van der Waals surface area contributed by atoms with Gasteiger partial charge in [-0.15, -0.1) is 0 Å². The molecule has 2 nitrogen and oxygen atoms in total. The molecule has 2 heteroatoms. The van der Waals surface area contributed by atoms with Gasteiger partial charge >= 0.3 is 0 Å². The van der Waals surface area contributed by atoms with E-state index in [1.807, 2.05) is 6.92 Å². The standard InChI is InChI=1S/C17H25NO/c1-7-19-17(5,6)16(3,4)15-11-13-10-12(2)8-9-14(13)18-15/h8-11,18H,7H2,1-6H3. The first kappa shape index (κ1) is 14.1. The average Bonchev–Trinajstić information content (AvgIpc) is 2.72. The van der Waals surface area contributed by atoms with E-state index in [0.29, 0.717) is 0 Å². The minimum Gasteiger partial charge on any atom is -0.375 e. The Morgan fingerprint density at radius 3 is 2.42 bits per heavy atom. The Bertz CT molecular complexity index is 578. The summed E-state index contributed by atoms with van der Waals surface area (Å²) in [4.78, 5) is 3.55. The van der Waals surface area contributed by atoms with Crippen LogP contribution in [0.15, 0.2) is 24.3 Å². The Hall–Kier alpha value is -1.28. The van der Waals surface area contributed by atoms with Crippen molar-refractivity contribution in [2.24, 2.45) is 0 Å². The van der Waals surface area contributed by atoms with Crippen molar-refractivity contribution in [3.05, 3.63) is 35.5 Å². The maximum atomic E-state index is 5.95. The third-order valence-electron chi connectivity index (χ3n) is 4.46. The van der Waals surface area contributed by atoms with E-state index in [1.165, 1.54) is 22.2 Å². The summed E-state index contributed by atoms with van der Waals surface area (Å²) in [6.45, 7) is 13.7. The molecular formula is C17H25NO. The molecule has 0 radical (unpaired) electrons. The molecule has 2 aromatic rings. The first-order valence-corrected chi connectivity index (χ1v) is 7.02. The van der Waals surface area contributed by atoms with Gasteiger partial charge in [0.1, 0.15) is 0 Å². The second-order valence-electron chi connectivity index (χ2n) is 6.34.